The van der Waals surface area contributed by atoms with Gasteiger partial charge in [-0.2, -0.15) is 0 Å². The molecule has 84 valence electrons. The van der Waals surface area contributed by atoms with Gasteiger partial charge in [-0.05, 0) is 12.8 Å². The maximum absolute atomic E-state index is 11.9. The lowest BCUT2D eigenvalue weighted by Crippen LogP contribution is -2.13. The van der Waals surface area contributed by atoms with Crippen LogP contribution >= 0.6 is 0 Å². The monoisotopic (exact) mass is 209 g/mol. The van der Waals surface area contributed by atoms with E-state index in [2.05, 4.69) is 4.98 Å². The molecular formula is C11H19N3O. The summed E-state index contributed by atoms with van der Waals surface area (Å²) in [7, 11) is 0. The van der Waals surface area contributed by atoms with Crippen LogP contribution < -0.4 is 5.73 Å². The largest absolute Gasteiger partial charge is 0.335 e. The fourth-order valence-electron chi connectivity index (χ4n) is 1.63. The van der Waals surface area contributed by atoms with Crippen LogP contribution in [0.25, 0.3) is 0 Å². The summed E-state index contributed by atoms with van der Waals surface area (Å²) in [4.78, 5) is 16.0. The van der Waals surface area contributed by atoms with Gasteiger partial charge in [0.1, 0.15) is 5.69 Å². The van der Waals surface area contributed by atoms with Crippen molar-refractivity contribution in [1.29, 1.82) is 0 Å². The van der Waals surface area contributed by atoms with Gasteiger partial charge in [0.05, 0.1) is 6.33 Å². The second-order valence-electron chi connectivity index (χ2n) is 3.66. The predicted molar refractivity (Wildman–Crippen MR) is 59.7 cm³/mol. The minimum Gasteiger partial charge on any atom is -0.335 e. The molecule has 0 bridgehead atoms. The molecule has 4 heteroatoms. The molecule has 0 spiro atoms. The van der Waals surface area contributed by atoms with Gasteiger partial charge in [0, 0.05) is 25.2 Å². The lowest BCUT2D eigenvalue weighted by atomic mass is 9.96. The quantitative estimate of drug-likeness (QED) is 0.721. The molecule has 0 atom stereocenters. The first-order valence-electron chi connectivity index (χ1n) is 5.48. The van der Waals surface area contributed by atoms with Crippen LogP contribution in [0.5, 0.6) is 0 Å². The Morgan fingerprint density at radius 2 is 2.20 bits per heavy atom. The highest BCUT2D eigenvalue weighted by molar-refractivity contribution is 5.95. The Morgan fingerprint density at radius 3 is 2.73 bits per heavy atom. The maximum atomic E-state index is 11.9. The molecule has 1 aromatic rings. The summed E-state index contributed by atoms with van der Waals surface area (Å²) in [6.07, 6.45) is 5.20. The average molecular weight is 209 g/mol. The topological polar surface area (TPSA) is 60.9 Å². The summed E-state index contributed by atoms with van der Waals surface area (Å²) in [5.41, 5.74) is 5.99. The second kappa shape index (κ2) is 5.66. The summed E-state index contributed by atoms with van der Waals surface area (Å²) >= 11 is 0. The molecule has 0 amide bonds. The molecule has 0 aliphatic rings. The molecule has 0 fully saturated rings. The summed E-state index contributed by atoms with van der Waals surface area (Å²) in [5.74, 6) is 0.252. The molecule has 0 aliphatic heterocycles. The van der Waals surface area contributed by atoms with Crippen molar-refractivity contribution in [3.63, 3.8) is 0 Å². The molecule has 15 heavy (non-hydrogen) atoms. The number of carbonyl (C=O) groups excluding carboxylic acids is 1. The number of ketones is 1. The molecule has 2 N–H and O–H groups in total. The highest BCUT2D eigenvalue weighted by Crippen LogP contribution is 2.14. The van der Waals surface area contributed by atoms with Gasteiger partial charge in [0.2, 0.25) is 0 Å². The Hall–Kier alpha value is -1.16. The highest BCUT2D eigenvalue weighted by atomic mass is 16.1. The van der Waals surface area contributed by atoms with Crippen molar-refractivity contribution in [2.45, 2.75) is 33.2 Å². The number of carbonyl (C=O) groups is 1. The van der Waals surface area contributed by atoms with Gasteiger partial charge in [0.15, 0.2) is 5.78 Å². The van der Waals surface area contributed by atoms with Crippen molar-refractivity contribution in [1.82, 2.24) is 9.55 Å². The zero-order chi connectivity index (χ0) is 11.3. The normalized spacial score (nSPS) is 10.9. The van der Waals surface area contributed by atoms with Crippen molar-refractivity contribution >= 4 is 5.78 Å². The SMILES string of the molecule is CCC(CC)C(=O)c1cn(CCN)cn1. The van der Waals surface area contributed by atoms with E-state index >= 15 is 0 Å². The summed E-state index contributed by atoms with van der Waals surface area (Å²) in [6.45, 7) is 5.34. The lowest BCUT2D eigenvalue weighted by molar-refractivity contribution is 0.0908. The summed E-state index contributed by atoms with van der Waals surface area (Å²) < 4.78 is 1.86. The van der Waals surface area contributed by atoms with Gasteiger partial charge >= 0.3 is 0 Å². The van der Waals surface area contributed by atoms with E-state index in [4.69, 9.17) is 5.73 Å². The number of imidazole rings is 1. The van der Waals surface area contributed by atoms with E-state index in [9.17, 15) is 4.79 Å². The van der Waals surface area contributed by atoms with Gasteiger partial charge in [-0.15, -0.1) is 0 Å². The van der Waals surface area contributed by atoms with Gasteiger partial charge in [-0.3, -0.25) is 4.79 Å². The molecule has 0 aliphatic carbocycles. The van der Waals surface area contributed by atoms with Gasteiger partial charge in [-0.25, -0.2) is 4.98 Å². The van der Waals surface area contributed by atoms with Crippen LogP contribution in [-0.2, 0) is 6.54 Å². The molecule has 0 unspecified atom stereocenters. The first-order chi connectivity index (χ1) is 7.22. The Kier molecular flexibility index (Phi) is 4.49. The summed E-state index contributed by atoms with van der Waals surface area (Å²) in [6, 6.07) is 0. The summed E-state index contributed by atoms with van der Waals surface area (Å²) in [5, 5.41) is 0. The average Bonchev–Trinajstić information content (AvgIpc) is 2.68. The molecule has 1 rings (SSSR count). The zero-order valence-electron chi connectivity index (χ0n) is 9.44. The predicted octanol–water partition coefficient (Wildman–Crippen LogP) is 1.46. The van der Waals surface area contributed by atoms with Crippen molar-refractivity contribution in [3.05, 3.63) is 18.2 Å². The van der Waals surface area contributed by atoms with Crippen LogP contribution in [0.3, 0.4) is 0 Å². The number of hydrogen-bond donors (Lipinski definition) is 1. The standard InChI is InChI=1S/C11H19N3O/c1-3-9(4-2)11(15)10-7-14(6-5-12)8-13-10/h7-9H,3-6,12H2,1-2H3. The van der Waals surface area contributed by atoms with E-state index in [0.29, 0.717) is 18.8 Å². The fourth-order valence-corrected chi connectivity index (χ4v) is 1.63. The molecule has 0 aromatic carbocycles. The van der Waals surface area contributed by atoms with Gasteiger partial charge in [-0.1, -0.05) is 13.8 Å². The van der Waals surface area contributed by atoms with E-state index < -0.39 is 0 Å². The molecule has 1 aromatic heterocycles. The third-order valence-corrected chi connectivity index (χ3v) is 2.63. The maximum Gasteiger partial charge on any atom is 0.185 e. The minimum atomic E-state index is 0.103. The Labute approximate surface area is 90.5 Å². The Bertz CT molecular complexity index is 315. The van der Waals surface area contributed by atoms with Crippen LogP contribution in [0.1, 0.15) is 37.2 Å². The lowest BCUT2D eigenvalue weighted by Gasteiger charge is -2.07. The van der Waals surface area contributed by atoms with Crippen molar-refractivity contribution in [3.8, 4) is 0 Å². The third-order valence-electron chi connectivity index (χ3n) is 2.63. The zero-order valence-corrected chi connectivity index (χ0v) is 9.44. The van der Waals surface area contributed by atoms with Gasteiger partial charge in [0.25, 0.3) is 0 Å². The first kappa shape index (κ1) is 11.9. The van der Waals surface area contributed by atoms with E-state index in [-0.39, 0.29) is 11.7 Å². The Balaban J connectivity index is 2.73. The molecular weight excluding hydrogens is 190 g/mol. The van der Waals surface area contributed by atoms with Crippen molar-refractivity contribution in [2.75, 3.05) is 6.54 Å². The number of nitrogens with two attached hydrogens (primary N) is 1. The van der Waals surface area contributed by atoms with E-state index in [1.807, 2.05) is 18.4 Å². The highest BCUT2D eigenvalue weighted by Gasteiger charge is 2.18. The molecule has 4 nitrogen and oxygen atoms in total. The third kappa shape index (κ3) is 2.89. The van der Waals surface area contributed by atoms with Crippen molar-refractivity contribution in [2.24, 2.45) is 11.7 Å². The van der Waals surface area contributed by atoms with Crippen LogP contribution in [0, 0.1) is 5.92 Å². The minimum absolute atomic E-state index is 0.103. The smallest absolute Gasteiger partial charge is 0.185 e. The van der Waals surface area contributed by atoms with Crippen LogP contribution in [0.4, 0.5) is 0 Å². The van der Waals surface area contributed by atoms with E-state index in [1.54, 1.807) is 12.5 Å². The number of Topliss-reactive ketones (excluding diaryl/α,β-unsaturated/α-hetero) is 1. The Morgan fingerprint density at radius 1 is 1.53 bits per heavy atom. The van der Waals surface area contributed by atoms with Crippen molar-refractivity contribution < 1.29 is 4.79 Å². The van der Waals surface area contributed by atoms with Gasteiger partial charge < -0.3 is 10.3 Å². The van der Waals surface area contributed by atoms with Crippen LogP contribution in [-0.4, -0.2) is 21.9 Å². The first-order valence-corrected chi connectivity index (χ1v) is 5.48. The number of nitrogens with zero attached hydrogens (tertiary/aromatic N) is 2. The molecule has 0 saturated heterocycles. The van der Waals surface area contributed by atoms with Crippen LogP contribution in [0.2, 0.25) is 0 Å². The molecule has 0 radical (unpaired) electrons. The number of rotatable bonds is 6. The second-order valence-corrected chi connectivity index (χ2v) is 3.66. The number of aromatic nitrogens is 2. The van der Waals surface area contributed by atoms with E-state index in [0.717, 1.165) is 12.8 Å². The number of hydrogen-bond acceptors (Lipinski definition) is 3. The molecule has 0 saturated carbocycles. The van der Waals surface area contributed by atoms with Crippen LogP contribution in [0.15, 0.2) is 12.5 Å². The fraction of sp³-hybridized carbons (Fsp3) is 0.636. The van der Waals surface area contributed by atoms with E-state index in [1.165, 1.54) is 0 Å². The molecule has 1 heterocycles.